The van der Waals surface area contributed by atoms with Gasteiger partial charge in [0.2, 0.25) is 10.0 Å². The SMILES string of the molecule is CC1CN(CCNS(=O)(=O)c2cn(C)c(=O)n(C)c2=O)CC(C)O1. The van der Waals surface area contributed by atoms with Crippen LogP contribution in [0, 0.1) is 0 Å². The second-order valence-electron chi connectivity index (χ2n) is 6.17. The van der Waals surface area contributed by atoms with Crippen molar-refractivity contribution in [2.24, 2.45) is 14.1 Å². The van der Waals surface area contributed by atoms with Gasteiger partial charge in [-0.1, -0.05) is 0 Å². The highest BCUT2D eigenvalue weighted by atomic mass is 32.2. The van der Waals surface area contributed by atoms with Gasteiger partial charge in [-0.15, -0.1) is 0 Å². The molecule has 2 rings (SSSR count). The highest BCUT2D eigenvalue weighted by Gasteiger charge is 2.24. The van der Waals surface area contributed by atoms with Crippen molar-refractivity contribution in [3.63, 3.8) is 0 Å². The summed E-state index contributed by atoms with van der Waals surface area (Å²) in [5, 5.41) is 0. The summed E-state index contributed by atoms with van der Waals surface area (Å²) in [6, 6.07) is 0. The lowest BCUT2D eigenvalue weighted by Gasteiger charge is -2.35. The lowest BCUT2D eigenvalue weighted by Crippen LogP contribution is -2.48. The normalized spacial score (nSPS) is 22.7. The third-order valence-corrected chi connectivity index (χ3v) is 5.36. The molecule has 1 fully saturated rings. The molecule has 0 radical (unpaired) electrons. The second kappa shape index (κ2) is 7.18. The van der Waals surface area contributed by atoms with Gasteiger partial charge in [-0.3, -0.25) is 14.3 Å². The third-order valence-electron chi connectivity index (χ3n) is 3.92. The third kappa shape index (κ3) is 4.12. The first-order valence-electron chi connectivity index (χ1n) is 7.76. The molecule has 136 valence electrons. The summed E-state index contributed by atoms with van der Waals surface area (Å²) in [4.78, 5) is 25.4. The molecule has 0 bridgehead atoms. The van der Waals surface area contributed by atoms with Crippen LogP contribution in [0.15, 0.2) is 20.7 Å². The first-order valence-corrected chi connectivity index (χ1v) is 9.24. The van der Waals surface area contributed by atoms with Crippen LogP contribution < -0.4 is 16.0 Å². The molecule has 0 saturated carbocycles. The molecule has 1 N–H and O–H groups in total. The van der Waals surface area contributed by atoms with Crippen LogP contribution in [-0.4, -0.2) is 60.8 Å². The van der Waals surface area contributed by atoms with E-state index in [1.54, 1.807) is 0 Å². The van der Waals surface area contributed by atoms with Crippen LogP contribution in [0.4, 0.5) is 0 Å². The molecule has 24 heavy (non-hydrogen) atoms. The van der Waals surface area contributed by atoms with Crippen LogP contribution >= 0.6 is 0 Å². The maximum Gasteiger partial charge on any atom is 0.330 e. The van der Waals surface area contributed by atoms with Crippen molar-refractivity contribution in [3.8, 4) is 0 Å². The van der Waals surface area contributed by atoms with Crippen LogP contribution in [0.5, 0.6) is 0 Å². The average Bonchev–Trinajstić information content (AvgIpc) is 2.47. The lowest BCUT2D eigenvalue weighted by molar-refractivity contribution is -0.0671. The van der Waals surface area contributed by atoms with Gasteiger partial charge >= 0.3 is 5.69 Å². The zero-order valence-electron chi connectivity index (χ0n) is 14.4. The molecule has 1 aliphatic heterocycles. The monoisotopic (exact) mass is 360 g/mol. The maximum absolute atomic E-state index is 12.4. The Hall–Kier alpha value is -1.49. The first-order chi connectivity index (χ1) is 11.1. The Bertz CT molecular complexity index is 803. The average molecular weight is 360 g/mol. The van der Waals surface area contributed by atoms with Crippen LogP contribution in [0.2, 0.25) is 0 Å². The van der Waals surface area contributed by atoms with Crippen LogP contribution in [-0.2, 0) is 28.9 Å². The van der Waals surface area contributed by atoms with Gasteiger partial charge in [-0.05, 0) is 13.8 Å². The van der Waals surface area contributed by atoms with E-state index < -0.39 is 26.2 Å². The minimum absolute atomic E-state index is 0.0984. The molecule has 1 saturated heterocycles. The molecule has 1 aromatic rings. The molecule has 1 aromatic heterocycles. The van der Waals surface area contributed by atoms with Gasteiger partial charge < -0.3 is 9.30 Å². The second-order valence-corrected chi connectivity index (χ2v) is 7.90. The van der Waals surface area contributed by atoms with Crippen molar-refractivity contribution in [2.75, 3.05) is 26.2 Å². The molecular weight excluding hydrogens is 336 g/mol. The van der Waals surface area contributed by atoms with Gasteiger partial charge in [0.1, 0.15) is 0 Å². The Morgan fingerprint density at radius 3 is 2.38 bits per heavy atom. The highest BCUT2D eigenvalue weighted by molar-refractivity contribution is 7.89. The number of aromatic nitrogens is 2. The summed E-state index contributed by atoms with van der Waals surface area (Å²) < 4.78 is 34.6. The molecule has 2 heterocycles. The standard InChI is InChI=1S/C14H24N4O5S/c1-10-7-18(8-11(2)23-10)6-5-15-24(21,22)12-9-16(3)14(20)17(4)13(12)19/h9-11,15H,5-8H2,1-4H3. The molecule has 10 heteroatoms. The molecular formula is C14H24N4O5S. The summed E-state index contributed by atoms with van der Waals surface area (Å²) in [5.41, 5.74) is -1.41. The first kappa shape index (κ1) is 18.8. The van der Waals surface area contributed by atoms with Crippen LogP contribution in [0.1, 0.15) is 13.8 Å². The number of hydrogen-bond acceptors (Lipinski definition) is 6. The van der Waals surface area contributed by atoms with Crippen molar-refractivity contribution in [3.05, 3.63) is 27.0 Å². The van der Waals surface area contributed by atoms with E-state index in [4.69, 9.17) is 4.74 Å². The summed E-state index contributed by atoms with van der Waals surface area (Å²) >= 11 is 0. The van der Waals surface area contributed by atoms with E-state index in [-0.39, 0.29) is 18.8 Å². The number of sulfonamides is 1. The van der Waals surface area contributed by atoms with Crippen LogP contribution in [0.3, 0.4) is 0 Å². The van der Waals surface area contributed by atoms with Gasteiger partial charge in [-0.25, -0.2) is 17.9 Å². The molecule has 9 nitrogen and oxygen atoms in total. The molecule has 0 aliphatic carbocycles. The molecule has 0 amide bonds. The largest absolute Gasteiger partial charge is 0.373 e. The number of rotatable bonds is 5. The van der Waals surface area contributed by atoms with Crippen molar-refractivity contribution in [2.45, 2.75) is 31.0 Å². The van der Waals surface area contributed by atoms with Gasteiger partial charge in [0.15, 0.2) is 4.90 Å². The molecule has 0 aromatic carbocycles. The number of nitrogens with one attached hydrogen (secondary N) is 1. The Morgan fingerprint density at radius 2 is 1.79 bits per heavy atom. The van der Waals surface area contributed by atoms with Gasteiger partial charge in [-0.2, -0.15) is 0 Å². The minimum Gasteiger partial charge on any atom is -0.373 e. The van der Waals surface area contributed by atoms with Crippen molar-refractivity contribution < 1.29 is 13.2 Å². The zero-order chi connectivity index (χ0) is 18.1. The fourth-order valence-corrected chi connectivity index (χ4v) is 4.02. The predicted octanol–water partition coefficient (Wildman–Crippen LogP) is -1.53. The topological polar surface area (TPSA) is 103 Å². The van der Waals surface area contributed by atoms with Gasteiger partial charge in [0.05, 0.1) is 12.2 Å². The lowest BCUT2D eigenvalue weighted by atomic mass is 10.2. The fraction of sp³-hybridized carbons (Fsp3) is 0.714. The van der Waals surface area contributed by atoms with Crippen LogP contribution in [0.25, 0.3) is 0 Å². The van der Waals surface area contributed by atoms with E-state index in [2.05, 4.69) is 9.62 Å². The molecule has 2 atom stereocenters. The maximum atomic E-state index is 12.4. The zero-order valence-corrected chi connectivity index (χ0v) is 15.2. The van der Waals surface area contributed by atoms with E-state index in [9.17, 15) is 18.0 Å². The van der Waals surface area contributed by atoms with Crippen molar-refractivity contribution in [1.29, 1.82) is 0 Å². The fourth-order valence-electron chi connectivity index (χ4n) is 2.84. The summed E-state index contributed by atoms with van der Waals surface area (Å²) in [7, 11) is -1.33. The summed E-state index contributed by atoms with van der Waals surface area (Å²) in [6.07, 6.45) is 1.24. The Kier molecular flexibility index (Phi) is 5.63. The van der Waals surface area contributed by atoms with Gasteiger partial charge in [0.25, 0.3) is 5.56 Å². The summed E-state index contributed by atoms with van der Waals surface area (Å²) in [5.74, 6) is 0. The Morgan fingerprint density at radius 1 is 1.21 bits per heavy atom. The van der Waals surface area contributed by atoms with Crippen molar-refractivity contribution >= 4 is 10.0 Å². The van der Waals surface area contributed by atoms with E-state index >= 15 is 0 Å². The quantitative estimate of drug-likeness (QED) is 0.684. The number of morpholine rings is 1. The smallest absolute Gasteiger partial charge is 0.330 e. The van der Waals surface area contributed by atoms with E-state index in [0.29, 0.717) is 6.54 Å². The molecule has 1 aliphatic rings. The van der Waals surface area contributed by atoms with Gasteiger partial charge in [0, 0.05) is 46.5 Å². The number of aryl methyl sites for hydroxylation is 1. The van der Waals surface area contributed by atoms with Crippen molar-refractivity contribution in [1.82, 2.24) is 18.8 Å². The number of ether oxygens (including phenoxy) is 1. The number of hydrogen-bond donors (Lipinski definition) is 1. The van der Waals surface area contributed by atoms with E-state index in [1.807, 2.05) is 13.8 Å². The van der Waals surface area contributed by atoms with E-state index in [0.717, 1.165) is 28.4 Å². The minimum atomic E-state index is -3.98. The molecule has 0 spiro atoms. The predicted molar refractivity (Wildman–Crippen MR) is 88.6 cm³/mol. The molecule has 2 unspecified atom stereocenters. The Balaban J connectivity index is 2.07. The highest BCUT2D eigenvalue weighted by Crippen LogP contribution is 2.09. The Labute approximate surface area is 140 Å². The number of nitrogens with zero attached hydrogens (tertiary/aromatic N) is 3. The van der Waals surface area contributed by atoms with E-state index in [1.165, 1.54) is 14.1 Å². The summed E-state index contributed by atoms with van der Waals surface area (Å²) in [6.45, 7) is 6.10.